The highest BCUT2D eigenvalue weighted by atomic mass is 16.2. The molecule has 0 saturated carbocycles. The maximum Gasteiger partial charge on any atom is 0.0468 e. The van der Waals surface area contributed by atoms with Crippen molar-refractivity contribution in [2.24, 2.45) is 5.41 Å². The van der Waals surface area contributed by atoms with Crippen LogP contribution in [0.1, 0.15) is 47.0 Å². The van der Waals surface area contributed by atoms with E-state index < -0.39 is 0 Å². The van der Waals surface area contributed by atoms with E-state index in [2.05, 4.69) is 33.8 Å². The maximum atomic E-state index is 8.82. The van der Waals surface area contributed by atoms with Gasteiger partial charge in [-0.15, -0.1) is 0 Å². The van der Waals surface area contributed by atoms with Crippen molar-refractivity contribution in [2.75, 3.05) is 6.61 Å². The van der Waals surface area contributed by atoms with Crippen LogP contribution in [0.2, 0.25) is 0 Å². The van der Waals surface area contributed by atoms with Crippen molar-refractivity contribution >= 4 is 0 Å². The highest BCUT2D eigenvalue weighted by molar-refractivity contribution is 5.06. The van der Waals surface area contributed by atoms with Gasteiger partial charge in [-0.25, -0.2) is 0 Å². The zero-order valence-corrected chi connectivity index (χ0v) is 8.85. The average Bonchev–Trinajstić information content (AvgIpc) is 1.84. The van der Waals surface area contributed by atoms with Crippen LogP contribution >= 0.6 is 0 Å². The smallest absolute Gasteiger partial charge is 0.0468 e. The van der Waals surface area contributed by atoms with Crippen molar-refractivity contribution < 1.29 is 5.11 Å². The van der Waals surface area contributed by atoms with E-state index in [4.69, 9.17) is 5.11 Å². The molecule has 12 heavy (non-hydrogen) atoms. The Bertz CT molecular complexity index is 132. The molecular formula is C11H22O. The van der Waals surface area contributed by atoms with Crippen LogP contribution in [0.25, 0.3) is 0 Å². The summed E-state index contributed by atoms with van der Waals surface area (Å²) in [4.78, 5) is 0. The van der Waals surface area contributed by atoms with Crippen molar-refractivity contribution in [3.8, 4) is 0 Å². The first kappa shape index (κ1) is 11.7. The van der Waals surface area contributed by atoms with E-state index in [-0.39, 0.29) is 12.0 Å². The summed E-state index contributed by atoms with van der Waals surface area (Å²) in [5.41, 5.74) is 1.65. The molecule has 0 aliphatic carbocycles. The van der Waals surface area contributed by atoms with Crippen LogP contribution < -0.4 is 0 Å². The van der Waals surface area contributed by atoms with Crippen molar-refractivity contribution in [3.05, 3.63) is 11.6 Å². The number of hydrogen-bond acceptors (Lipinski definition) is 1. The Kier molecular flexibility index (Phi) is 5.23. The first-order chi connectivity index (χ1) is 5.49. The fraction of sp³-hybridized carbons (Fsp3) is 0.818. The summed E-state index contributed by atoms with van der Waals surface area (Å²) < 4.78 is 0. The Morgan fingerprint density at radius 1 is 1.25 bits per heavy atom. The first-order valence-corrected chi connectivity index (χ1v) is 4.81. The molecule has 0 rings (SSSR count). The van der Waals surface area contributed by atoms with E-state index in [0.717, 1.165) is 12.8 Å². The van der Waals surface area contributed by atoms with Gasteiger partial charge in [0.1, 0.15) is 0 Å². The molecule has 0 aliphatic heterocycles. The molecule has 0 aromatic heterocycles. The predicted octanol–water partition coefficient (Wildman–Crippen LogP) is 3.14. The Balaban J connectivity index is 4.17. The molecular weight excluding hydrogens is 148 g/mol. The molecule has 0 unspecified atom stereocenters. The van der Waals surface area contributed by atoms with Gasteiger partial charge in [0.15, 0.2) is 0 Å². The summed E-state index contributed by atoms with van der Waals surface area (Å²) in [7, 11) is 0. The Morgan fingerprint density at radius 2 is 1.83 bits per heavy atom. The number of rotatable bonds is 4. The standard InChI is InChI=1S/C11H22O/c1-5-6-10(7-8-12)9-11(2,3)4/h9,12H,5-8H2,1-4H3/b10-9+. The third-order valence-corrected chi connectivity index (χ3v) is 1.64. The van der Waals surface area contributed by atoms with E-state index in [1.807, 2.05) is 0 Å². The molecule has 1 N–H and O–H groups in total. The van der Waals surface area contributed by atoms with Gasteiger partial charge in [0, 0.05) is 6.61 Å². The summed E-state index contributed by atoms with van der Waals surface area (Å²) in [6.45, 7) is 9.04. The minimum absolute atomic E-state index is 0.250. The van der Waals surface area contributed by atoms with E-state index in [1.54, 1.807) is 0 Å². The monoisotopic (exact) mass is 170 g/mol. The quantitative estimate of drug-likeness (QED) is 0.643. The van der Waals surface area contributed by atoms with Gasteiger partial charge in [0.2, 0.25) is 0 Å². The van der Waals surface area contributed by atoms with Gasteiger partial charge < -0.3 is 5.11 Å². The zero-order chi connectivity index (χ0) is 9.61. The van der Waals surface area contributed by atoms with E-state index >= 15 is 0 Å². The third kappa shape index (κ3) is 6.41. The van der Waals surface area contributed by atoms with Crippen LogP contribution in [-0.4, -0.2) is 11.7 Å². The fourth-order valence-electron chi connectivity index (χ4n) is 1.35. The van der Waals surface area contributed by atoms with Gasteiger partial charge in [0.25, 0.3) is 0 Å². The van der Waals surface area contributed by atoms with Crippen molar-refractivity contribution in [1.29, 1.82) is 0 Å². The normalized spacial score (nSPS) is 13.6. The zero-order valence-electron chi connectivity index (χ0n) is 8.85. The van der Waals surface area contributed by atoms with Crippen LogP contribution in [0, 0.1) is 5.41 Å². The lowest BCUT2D eigenvalue weighted by Gasteiger charge is -2.15. The minimum atomic E-state index is 0.250. The SMILES string of the molecule is CCC/C(=C\C(C)(C)C)CCO. The number of aliphatic hydroxyl groups is 1. The Morgan fingerprint density at radius 3 is 2.17 bits per heavy atom. The van der Waals surface area contributed by atoms with Crippen LogP contribution in [0.4, 0.5) is 0 Å². The lowest BCUT2D eigenvalue weighted by Crippen LogP contribution is -2.02. The number of aliphatic hydroxyl groups excluding tert-OH is 1. The molecule has 1 nitrogen and oxygen atoms in total. The summed E-state index contributed by atoms with van der Waals surface area (Å²) in [5, 5.41) is 8.82. The molecule has 0 spiro atoms. The van der Waals surface area contributed by atoms with Crippen molar-refractivity contribution in [3.63, 3.8) is 0 Å². The third-order valence-electron chi connectivity index (χ3n) is 1.64. The van der Waals surface area contributed by atoms with Crippen LogP contribution in [0.5, 0.6) is 0 Å². The van der Waals surface area contributed by atoms with Crippen LogP contribution in [0.3, 0.4) is 0 Å². The molecule has 0 fully saturated rings. The van der Waals surface area contributed by atoms with E-state index in [0.29, 0.717) is 0 Å². The molecule has 0 aliphatic rings. The lowest BCUT2D eigenvalue weighted by molar-refractivity contribution is 0.297. The summed E-state index contributed by atoms with van der Waals surface area (Å²) in [6, 6.07) is 0. The molecule has 0 atom stereocenters. The van der Waals surface area contributed by atoms with Gasteiger partial charge in [0.05, 0.1) is 0 Å². The molecule has 0 aromatic rings. The van der Waals surface area contributed by atoms with Crippen molar-refractivity contribution in [2.45, 2.75) is 47.0 Å². The summed E-state index contributed by atoms with van der Waals surface area (Å²) in [6.07, 6.45) is 5.41. The molecule has 0 saturated heterocycles. The second-order valence-electron chi connectivity index (χ2n) is 4.39. The maximum absolute atomic E-state index is 8.82. The summed E-state index contributed by atoms with van der Waals surface area (Å²) >= 11 is 0. The highest BCUT2D eigenvalue weighted by Gasteiger charge is 2.07. The Hall–Kier alpha value is -0.300. The molecule has 72 valence electrons. The average molecular weight is 170 g/mol. The van der Waals surface area contributed by atoms with Crippen LogP contribution in [0.15, 0.2) is 11.6 Å². The first-order valence-electron chi connectivity index (χ1n) is 4.81. The second-order valence-corrected chi connectivity index (χ2v) is 4.39. The molecule has 0 heterocycles. The van der Waals surface area contributed by atoms with Gasteiger partial charge in [-0.3, -0.25) is 0 Å². The van der Waals surface area contributed by atoms with E-state index in [9.17, 15) is 0 Å². The van der Waals surface area contributed by atoms with E-state index in [1.165, 1.54) is 12.0 Å². The summed E-state index contributed by atoms with van der Waals surface area (Å²) in [5.74, 6) is 0. The molecule has 0 aromatic carbocycles. The Labute approximate surface area is 76.5 Å². The molecule has 0 radical (unpaired) electrons. The predicted molar refractivity (Wildman–Crippen MR) is 54.1 cm³/mol. The van der Waals surface area contributed by atoms with Gasteiger partial charge in [-0.1, -0.05) is 45.8 Å². The largest absolute Gasteiger partial charge is 0.396 e. The molecule has 0 bridgehead atoms. The fourth-order valence-corrected chi connectivity index (χ4v) is 1.35. The minimum Gasteiger partial charge on any atom is -0.396 e. The second kappa shape index (κ2) is 5.36. The van der Waals surface area contributed by atoms with Gasteiger partial charge in [-0.05, 0) is 18.3 Å². The molecule has 1 heteroatoms. The van der Waals surface area contributed by atoms with Crippen LogP contribution in [-0.2, 0) is 0 Å². The van der Waals surface area contributed by atoms with Gasteiger partial charge >= 0.3 is 0 Å². The van der Waals surface area contributed by atoms with Gasteiger partial charge in [-0.2, -0.15) is 0 Å². The highest BCUT2D eigenvalue weighted by Crippen LogP contribution is 2.21. The number of hydrogen-bond donors (Lipinski definition) is 1. The molecule has 0 amide bonds. The van der Waals surface area contributed by atoms with Crippen molar-refractivity contribution in [1.82, 2.24) is 0 Å². The lowest BCUT2D eigenvalue weighted by atomic mass is 9.91. The number of allylic oxidation sites excluding steroid dienone is 1. The topological polar surface area (TPSA) is 20.2 Å².